The van der Waals surface area contributed by atoms with Gasteiger partial charge in [-0.3, -0.25) is 9.67 Å². The summed E-state index contributed by atoms with van der Waals surface area (Å²) < 4.78 is 12.6. The average molecular weight is 512 g/mol. The molecule has 5 heterocycles. The highest BCUT2D eigenvalue weighted by Crippen LogP contribution is 2.33. The minimum absolute atomic E-state index is 0.245. The van der Waals surface area contributed by atoms with E-state index in [0.29, 0.717) is 25.1 Å². The third-order valence-electron chi connectivity index (χ3n) is 7.43. The van der Waals surface area contributed by atoms with Crippen molar-refractivity contribution in [2.45, 2.75) is 24.8 Å². The number of ether oxygens (including phenoxy) is 2. The zero-order chi connectivity index (χ0) is 25.7. The van der Waals surface area contributed by atoms with Gasteiger partial charge in [-0.15, -0.1) is 0 Å². The lowest BCUT2D eigenvalue weighted by atomic mass is 9.89. The molecular formula is C29H33N7O2. The molecule has 0 atom stereocenters. The van der Waals surface area contributed by atoms with Gasteiger partial charge in [0.2, 0.25) is 5.95 Å². The van der Waals surface area contributed by atoms with E-state index in [-0.39, 0.29) is 6.04 Å². The maximum Gasteiger partial charge on any atom is 0.227 e. The van der Waals surface area contributed by atoms with Crippen LogP contribution >= 0.6 is 0 Å². The van der Waals surface area contributed by atoms with E-state index in [1.165, 1.54) is 18.4 Å². The van der Waals surface area contributed by atoms with Crippen LogP contribution < -0.4 is 5.32 Å². The molecule has 2 fully saturated rings. The normalized spacial score (nSPS) is 16.9. The zero-order valence-corrected chi connectivity index (χ0v) is 21.7. The topological polar surface area (TPSA) is 90.2 Å². The van der Waals surface area contributed by atoms with Gasteiger partial charge in [0, 0.05) is 55.3 Å². The molecule has 0 unspecified atom stereocenters. The number of nitrogens with zero attached hydrogens (tertiary/aromatic N) is 6. The van der Waals surface area contributed by atoms with E-state index < -0.39 is 0 Å². The van der Waals surface area contributed by atoms with Crippen LogP contribution in [0.15, 0.2) is 67.3 Å². The van der Waals surface area contributed by atoms with Crippen LogP contribution in [0.4, 0.5) is 11.6 Å². The predicted molar refractivity (Wildman–Crippen MR) is 146 cm³/mol. The molecule has 9 nitrogen and oxygen atoms in total. The van der Waals surface area contributed by atoms with Crippen molar-refractivity contribution in [1.29, 1.82) is 0 Å². The highest BCUT2D eigenvalue weighted by molar-refractivity contribution is 5.78. The first-order valence-corrected chi connectivity index (χ1v) is 13.3. The van der Waals surface area contributed by atoms with Crippen molar-refractivity contribution in [3.8, 4) is 22.5 Å². The van der Waals surface area contributed by atoms with Gasteiger partial charge < -0.3 is 19.7 Å². The Morgan fingerprint density at radius 1 is 1.05 bits per heavy atom. The fourth-order valence-electron chi connectivity index (χ4n) is 5.11. The van der Waals surface area contributed by atoms with E-state index in [0.717, 1.165) is 54.4 Å². The number of nitrogens with one attached hydrogen (secondary N) is 1. The minimum atomic E-state index is 0.245. The van der Waals surface area contributed by atoms with Gasteiger partial charge in [0.1, 0.15) is 5.69 Å². The fraction of sp³-hybridized carbons (Fsp3) is 0.379. The van der Waals surface area contributed by atoms with Crippen molar-refractivity contribution in [3.05, 3.63) is 72.8 Å². The van der Waals surface area contributed by atoms with E-state index in [2.05, 4.69) is 50.6 Å². The summed E-state index contributed by atoms with van der Waals surface area (Å²) in [5.41, 5.74) is 5.93. The summed E-state index contributed by atoms with van der Waals surface area (Å²) in [5, 5.41) is 8.25. The standard InChI is InChI=1S/C29H33N7O2/c1-37-16-15-35-13-9-22(10-14-35)21-4-6-24(7-5-21)32-29-31-12-8-27(33-29)26-18-36(25-19-38-20-25)34-28(26)23-3-2-11-30-17-23/h2-8,11-12,17-18,22,25H,9-10,13-16,19-20H2,1H3,(H,31,32,33). The van der Waals surface area contributed by atoms with Crippen LogP contribution in [0.1, 0.15) is 30.4 Å². The number of hydrogen-bond donors (Lipinski definition) is 1. The maximum absolute atomic E-state index is 5.39. The molecule has 0 saturated carbocycles. The number of piperidine rings is 1. The van der Waals surface area contributed by atoms with E-state index in [1.807, 2.05) is 29.1 Å². The molecule has 0 bridgehead atoms. The third kappa shape index (κ3) is 5.45. The molecule has 0 spiro atoms. The summed E-state index contributed by atoms with van der Waals surface area (Å²) in [6.45, 7) is 5.42. The molecular weight excluding hydrogens is 478 g/mol. The third-order valence-corrected chi connectivity index (χ3v) is 7.43. The molecule has 0 radical (unpaired) electrons. The number of rotatable bonds is 9. The van der Waals surface area contributed by atoms with E-state index >= 15 is 0 Å². The minimum Gasteiger partial charge on any atom is -0.383 e. The van der Waals surface area contributed by atoms with Crippen LogP contribution in [0.25, 0.3) is 22.5 Å². The molecule has 4 aromatic rings. The van der Waals surface area contributed by atoms with Crippen LogP contribution in [0, 0.1) is 0 Å². The van der Waals surface area contributed by atoms with Gasteiger partial charge in [0.15, 0.2) is 0 Å². The largest absolute Gasteiger partial charge is 0.383 e. The molecule has 2 aliphatic rings. The Morgan fingerprint density at radius 3 is 2.61 bits per heavy atom. The van der Waals surface area contributed by atoms with Crippen LogP contribution in [-0.4, -0.2) is 76.2 Å². The van der Waals surface area contributed by atoms with Gasteiger partial charge >= 0.3 is 0 Å². The van der Waals surface area contributed by atoms with Gasteiger partial charge in [-0.1, -0.05) is 12.1 Å². The summed E-state index contributed by atoms with van der Waals surface area (Å²) in [4.78, 5) is 16.1. The highest BCUT2D eigenvalue weighted by Gasteiger charge is 2.25. The Kier molecular flexibility index (Phi) is 7.39. The van der Waals surface area contributed by atoms with Crippen molar-refractivity contribution in [2.75, 3.05) is 51.9 Å². The maximum atomic E-state index is 5.39. The highest BCUT2D eigenvalue weighted by atomic mass is 16.5. The van der Waals surface area contributed by atoms with Gasteiger partial charge in [0.05, 0.1) is 31.6 Å². The number of benzene rings is 1. The van der Waals surface area contributed by atoms with Crippen molar-refractivity contribution in [2.24, 2.45) is 0 Å². The molecule has 3 aromatic heterocycles. The van der Waals surface area contributed by atoms with Gasteiger partial charge in [0.25, 0.3) is 0 Å². The number of pyridine rings is 1. The molecule has 0 aliphatic carbocycles. The van der Waals surface area contributed by atoms with Crippen LogP contribution in [0.3, 0.4) is 0 Å². The summed E-state index contributed by atoms with van der Waals surface area (Å²) >= 11 is 0. The quantitative estimate of drug-likeness (QED) is 0.350. The monoisotopic (exact) mass is 511 g/mol. The molecule has 1 aromatic carbocycles. The molecule has 196 valence electrons. The van der Waals surface area contributed by atoms with Crippen LogP contribution in [0.5, 0.6) is 0 Å². The van der Waals surface area contributed by atoms with Gasteiger partial charge in [-0.2, -0.15) is 5.10 Å². The lowest BCUT2D eigenvalue weighted by molar-refractivity contribution is -0.0285. The molecule has 6 rings (SSSR count). The van der Waals surface area contributed by atoms with Crippen LogP contribution in [0.2, 0.25) is 0 Å². The van der Waals surface area contributed by atoms with Crippen LogP contribution in [-0.2, 0) is 9.47 Å². The zero-order valence-electron chi connectivity index (χ0n) is 21.7. The Morgan fingerprint density at radius 2 is 1.89 bits per heavy atom. The Labute approximate surface area is 222 Å². The molecule has 0 amide bonds. The van der Waals surface area contributed by atoms with Gasteiger partial charge in [-0.05, 0) is 67.7 Å². The van der Waals surface area contributed by atoms with E-state index in [9.17, 15) is 0 Å². The lowest BCUT2D eigenvalue weighted by Gasteiger charge is -2.32. The molecule has 38 heavy (non-hydrogen) atoms. The second kappa shape index (κ2) is 11.4. The molecule has 2 saturated heterocycles. The second-order valence-corrected chi connectivity index (χ2v) is 9.93. The summed E-state index contributed by atoms with van der Waals surface area (Å²) in [5.74, 6) is 1.16. The fourth-order valence-corrected chi connectivity index (χ4v) is 5.11. The van der Waals surface area contributed by atoms with Crippen molar-refractivity contribution in [1.82, 2.24) is 29.6 Å². The first-order chi connectivity index (χ1) is 18.8. The second-order valence-electron chi connectivity index (χ2n) is 9.93. The van der Waals surface area contributed by atoms with Crippen molar-refractivity contribution in [3.63, 3.8) is 0 Å². The summed E-state index contributed by atoms with van der Waals surface area (Å²) in [7, 11) is 1.77. The van der Waals surface area contributed by atoms with Crippen molar-refractivity contribution < 1.29 is 9.47 Å². The number of hydrogen-bond acceptors (Lipinski definition) is 8. The average Bonchev–Trinajstić information content (AvgIpc) is 3.37. The number of methoxy groups -OCH3 is 1. The smallest absolute Gasteiger partial charge is 0.227 e. The molecule has 9 heteroatoms. The SMILES string of the molecule is COCCN1CCC(c2ccc(Nc3nccc(-c4cn(C5COC5)nc4-c4cccnc4)n3)cc2)CC1. The van der Waals surface area contributed by atoms with E-state index in [1.54, 1.807) is 19.5 Å². The Bertz CT molecular complexity index is 1330. The number of anilines is 2. The summed E-state index contributed by atoms with van der Waals surface area (Å²) in [6.07, 6.45) is 9.80. The molecule has 2 aliphatic heterocycles. The summed E-state index contributed by atoms with van der Waals surface area (Å²) in [6, 6.07) is 14.8. The number of likely N-dealkylation sites (tertiary alicyclic amines) is 1. The Balaban J connectivity index is 1.17. The number of aromatic nitrogens is 5. The van der Waals surface area contributed by atoms with E-state index in [4.69, 9.17) is 19.6 Å². The lowest BCUT2D eigenvalue weighted by Crippen LogP contribution is -2.35. The Hall–Kier alpha value is -3.66. The molecule has 1 N–H and O–H groups in total. The first kappa shape index (κ1) is 24.7. The van der Waals surface area contributed by atoms with Gasteiger partial charge in [-0.25, -0.2) is 9.97 Å². The predicted octanol–water partition coefficient (Wildman–Crippen LogP) is 4.54. The van der Waals surface area contributed by atoms with Crippen molar-refractivity contribution >= 4 is 11.6 Å². The first-order valence-electron chi connectivity index (χ1n) is 13.3.